The SMILES string of the molecule is Cc1ccc(-c2cnc(N)nc2C)cc1S(=O)(=O)NCCC#N. The third-order valence-corrected chi connectivity index (χ3v) is 4.92. The lowest BCUT2D eigenvalue weighted by Gasteiger charge is -2.11. The van der Waals surface area contributed by atoms with Crippen LogP contribution in [-0.4, -0.2) is 24.9 Å². The summed E-state index contributed by atoms with van der Waals surface area (Å²) in [5, 5.41) is 8.53. The number of benzene rings is 1. The molecular formula is C15H17N5O2S. The van der Waals surface area contributed by atoms with Crippen molar-refractivity contribution < 1.29 is 8.42 Å². The van der Waals surface area contributed by atoms with Crippen LogP contribution in [-0.2, 0) is 10.0 Å². The number of hydrogen-bond donors (Lipinski definition) is 2. The average molecular weight is 331 g/mol. The number of sulfonamides is 1. The molecule has 0 radical (unpaired) electrons. The van der Waals surface area contributed by atoms with Crippen LogP contribution in [0.3, 0.4) is 0 Å². The number of aromatic nitrogens is 2. The van der Waals surface area contributed by atoms with Crippen molar-refractivity contribution in [3.63, 3.8) is 0 Å². The molecule has 23 heavy (non-hydrogen) atoms. The quantitative estimate of drug-likeness (QED) is 0.801. The van der Waals surface area contributed by atoms with Gasteiger partial charge in [-0.2, -0.15) is 5.26 Å². The highest BCUT2D eigenvalue weighted by Gasteiger charge is 2.18. The van der Waals surface area contributed by atoms with Crippen molar-refractivity contribution in [2.45, 2.75) is 25.2 Å². The third kappa shape index (κ3) is 3.83. The number of nitrogens with two attached hydrogens (primary N) is 1. The van der Waals surface area contributed by atoms with Crippen molar-refractivity contribution in [2.75, 3.05) is 12.3 Å². The first-order chi connectivity index (χ1) is 10.8. The van der Waals surface area contributed by atoms with Gasteiger partial charge in [0.1, 0.15) is 0 Å². The van der Waals surface area contributed by atoms with E-state index in [0.29, 0.717) is 22.4 Å². The minimum absolute atomic E-state index is 0.0759. The Kier molecular flexibility index (Phi) is 4.93. The lowest BCUT2D eigenvalue weighted by atomic mass is 10.0. The van der Waals surface area contributed by atoms with E-state index in [1.807, 2.05) is 12.1 Å². The van der Waals surface area contributed by atoms with Crippen molar-refractivity contribution in [2.24, 2.45) is 0 Å². The number of hydrogen-bond acceptors (Lipinski definition) is 6. The van der Waals surface area contributed by atoms with Gasteiger partial charge < -0.3 is 5.73 Å². The lowest BCUT2D eigenvalue weighted by molar-refractivity contribution is 0.582. The fourth-order valence-corrected chi connectivity index (χ4v) is 3.44. The van der Waals surface area contributed by atoms with Crippen LogP contribution in [0.2, 0.25) is 0 Å². The molecule has 1 aromatic carbocycles. The maximum absolute atomic E-state index is 12.4. The summed E-state index contributed by atoms with van der Waals surface area (Å²) in [6.45, 7) is 3.58. The summed E-state index contributed by atoms with van der Waals surface area (Å²) in [5.74, 6) is 0.171. The van der Waals surface area contributed by atoms with E-state index in [9.17, 15) is 8.42 Å². The Morgan fingerprint density at radius 2 is 2.09 bits per heavy atom. The van der Waals surface area contributed by atoms with Gasteiger partial charge >= 0.3 is 0 Å². The molecule has 8 heteroatoms. The standard InChI is InChI=1S/C15H17N5O2S/c1-10-4-5-12(13-9-18-15(17)20-11(13)2)8-14(10)23(21,22)19-7-3-6-16/h4-5,8-9,19H,3,7H2,1-2H3,(H2,17,18,20). The van der Waals surface area contributed by atoms with Crippen LogP contribution < -0.4 is 10.5 Å². The molecule has 1 heterocycles. The van der Waals surface area contributed by atoms with Gasteiger partial charge in [0.25, 0.3) is 0 Å². The molecule has 0 aliphatic heterocycles. The van der Waals surface area contributed by atoms with Gasteiger partial charge in [-0.25, -0.2) is 23.1 Å². The smallest absolute Gasteiger partial charge is 0.240 e. The number of nitrogens with one attached hydrogen (secondary N) is 1. The van der Waals surface area contributed by atoms with Gasteiger partial charge in [-0.3, -0.25) is 0 Å². The van der Waals surface area contributed by atoms with Crippen molar-refractivity contribution in [3.8, 4) is 17.2 Å². The van der Waals surface area contributed by atoms with E-state index in [0.717, 1.165) is 0 Å². The first-order valence-corrected chi connectivity index (χ1v) is 8.40. The molecule has 0 unspecified atom stereocenters. The molecule has 2 aromatic rings. The van der Waals surface area contributed by atoms with Crippen molar-refractivity contribution in [3.05, 3.63) is 35.7 Å². The molecule has 0 atom stereocenters. The van der Waals surface area contributed by atoms with E-state index < -0.39 is 10.0 Å². The largest absolute Gasteiger partial charge is 0.368 e. The Morgan fingerprint density at radius 1 is 1.35 bits per heavy atom. The third-order valence-electron chi connectivity index (χ3n) is 3.32. The molecule has 120 valence electrons. The minimum Gasteiger partial charge on any atom is -0.368 e. The van der Waals surface area contributed by atoms with Gasteiger partial charge in [-0.1, -0.05) is 12.1 Å². The molecule has 0 saturated heterocycles. The van der Waals surface area contributed by atoms with Crippen molar-refractivity contribution in [1.29, 1.82) is 5.26 Å². The Bertz CT molecular complexity index is 872. The highest BCUT2D eigenvalue weighted by Crippen LogP contribution is 2.26. The summed E-state index contributed by atoms with van der Waals surface area (Å²) in [6.07, 6.45) is 1.69. The summed E-state index contributed by atoms with van der Waals surface area (Å²) in [6, 6.07) is 7.01. The first kappa shape index (κ1) is 16.9. The fraction of sp³-hybridized carbons (Fsp3) is 0.267. The molecule has 7 nitrogen and oxygen atoms in total. The van der Waals surface area contributed by atoms with E-state index in [1.165, 1.54) is 0 Å². The number of nitrogen functional groups attached to an aromatic ring is 1. The average Bonchev–Trinajstić information content (AvgIpc) is 2.48. The monoisotopic (exact) mass is 331 g/mol. The zero-order valence-corrected chi connectivity index (χ0v) is 13.7. The van der Waals surface area contributed by atoms with Gasteiger partial charge in [-0.05, 0) is 31.0 Å². The van der Waals surface area contributed by atoms with Crippen molar-refractivity contribution >= 4 is 16.0 Å². The summed E-state index contributed by atoms with van der Waals surface area (Å²) in [4.78, 5) is 8.22. The summed E-state index contributed by atoms with van der Waals surface area (Å²) < 4.78 is 27.2. The Morgan fingerprint density at radius 3 is 2.74 bits per heavy atom. The lowest BCUT2D eigenvalue weighted by Crippen LogP contribution is -2.25. The summed E-state index contributed by atoms with van der Waals surface area (Å²) >= 11 is 0. The molecular weight excluding hydrogens is 314 g/mol. The van der Waals surface area contributed by atoms with Crippen LogP contribution in [0, 0.1) is 25.2 Å². The Labute approximate surface area is 135 Å². The predicted molar refractivity (Wildman–Crippen MR) is 86.8 cm³/mol. The maximum Gasteiger partial charge on any atom is 0.240 e. The van der Waals surface area contributed by atoms with Gasteiger partial charge in [0.05, 0.1) is 16.7 Å². The number of anilines is 1. The Balaban J connectivity index is 2.45. The van der Waals surface area contributed by atoms with Crippen LogP contribution in [0.1, 0.15) is 17.7 Å². The van der Waals surface area contributed by atoms with E-state index in [4.69, 9.17) is 11.0 Å². The number of aryl methyl sites for hydroxylation is 2. The topological polar surface area (TPSA) is 122 Å². The molecule has 0 saturated carbocycles. The number of nitriles is 1. The molecule has 0 spiro atoms. The van der Waals surface area contributed by atoms with Crippen LogP contribution in [0.5, 0.6) is 0 Å². The molecule has 0 bridgehead atoms. The van der Waals surface area contributed by atoms with E-state index in [-0.39, 0.29) is 23.8 Å². The van der Waals surface area contributed by atoms with E-state index in [2.05, 4.69) is 14.7 Å². The minimum atomic E-state index is -3.68. The van der Waals surface area contributed by atoms with Gasteiger partial charge in [0.2, 0.25) is 16.0 Å². The molecule has 0 amide bonds. The highest BCUT2D eigenvalue weighted by atomic mass is 32.2. The van der Waals surface area contributed by atoms with E-state index in [1.54, 1.807) is 32.2 Å². The van der Waals surface area contributed by atoms with Crippen LogP contribution in [0.15, 0.2) is 29.3 Å². The summed E-state index contributed by atoms with van der Waals surface area (Å²) in [7, 11) is -3.68. The van der Waals surface area contributed by atoms with Crippen LogP contribution in [0.25, 0.3) is 11.1 Å². The zero-order chi connectivity index (χ0) is 17.0. The molecule has 0 aliphatic rings. The number of rotatable bonds is 5. The highest BCUT2D eigenvalue weighted by molar-refractivity contribution is 7.89. The fourth-order valence-electron chi connectivity index (χ4n) is 2.14. The normalized spacial score (nSPS) is 11.2. The van der Waals surface area contributed by atoms with Gasteiger partial charge in [-0.15, -0.1) is 0 Å². The maximum atomic E-state index is 12.4. The van der Waals surface area contributed by atoms with Gasteiger partial charge in [0, 0.05) is 24.7 Å². The molecule has 1 aromatic heterocycles. The van der Waals surface area contributed by atoms with Crippen molar-refractivity contribution in [1.82, 2.24) is 14.7 Å². The number of nitrogens with zero attached hydrogens (tertiary/aromatic N) is 3. The second kappa shape index (κ2) is 6.73. The van der Waals surface area contributed by atoms with Gasteiger partial charge in [0.15, 0.2) is 0 Å². The molecule has 2 rings (SSSR count). The predicted octanol–water partition coefficient (Wildman–Crippen LogP) is 1.53. The molecule has 3 N–H and O–H groups in total. The summed E-state index contributed by atoms with van der Waals surface area (Å²) in [5.41, 5.74) is 8.23. The van der Waals surface area contributed by atoms with Crippen LogP contribution in [0.4, 0.5) is 5.95 Å². The Hall–Kier alpha value is -2.50. The molecule has 0 aliphatic carbocycles. The van der Waals surface area contributed by atoms with Crippen LogP contribution >= 0.6 is 0 Å². The van der Waals surface area contributed by atoms with E-state index >= 15 is 0 Å². The second-order valence-electron chi connectivity index (χ2n) is 5.01. The zero-order valence-electron chi connectivity index (χ0n) is 12.9. The second-order valence-corrected chi connectivity index (χ2v) is 6.75. The molecule has 0 fully saturated rings. The first-order valence-electron chi connectivity index (χ1n) is 6.92.